The molecule has 3 aromatic carbocycles. The topological polar surface area (TPSA) is 123 Å². The second-order valence-electron chi connectivity index (χ2n) is 6.90. The van der Waals surface area contributed by atoms with Gasteiger partial charge in [0.15, 0.2) is 0 Å². The molecular formula is C23H18Cl2N4O5. The monoisotopic (exact) mass is 500 g/mol. The molecule has 0 bridgehead atoms. The maximum absolute atomic E-state index is 12.0. The number of rotatable bonds is 9. The standard InChI is InChI=1S/C23H18Cl2N4O5/c24-19-2-1-3-20(23(19)25)27-21(30)12-22(31)28-26-13-15-6-10-18(11-7-15)34-14-16-4-8-17(9-5-16)29(32)33/h1-11,13H,12,14H2,(H,27,30)(H,28,31). The molecule has 0 saturated carbocycles. The van der Waals surface area contributed by atoms with Gasteiger partial charge < -0.3 is 10.1 Å². The molecule has 3 aromatic rings. The van der Waals surface area contributed by atoms with E-state index in [2.05, 4.69) is 15.8 Å². The summed E-state index contributed by atoms with van der Waals surface area (Å²) in [5.74, 6) is -0.572. The molecule has 11 heteroatoms. The molecule has 2 amide bonds. The van der Waals surface area contributed by atoms with Crippen LogP contribution in [0.15, 0.2) is 71.8 Å². The highest BCUT2D eigenvalue weighted by molar-refractivity contribution is 6.44. The first-order chi connectivity index (χ1) is 16.3. The van der Waals surface area contributed by atoms with E-state index < -0.39 is 23.2 Å². The summed E-state index contributed by atoms with van der Waals surface area (Å²) in [4.78, 5) is 34.1. The highest BCUT2D eigenvalue weighted by Gasteiger charge is 2.12. The molecule has 0 aliphatic carbocycles. The van der Waals surface area contributed by atoms with Crippen molar-refractivity contribution in [3.63, 3.8) is 0 Å². The van der Waals surface area contributed by atoms with Crippen molar-refractivity contribution in [2.24, 2.45) is 5.10 Å². The smallest absolute Gasteiger partial charge is 0.269 e. The zero-order valence-electron chi connectivity index (χ0n) is 17.5. The van der Waals surface area contributed by atoms with E-state index in [4.69, 9.17) is 27.9 Å². The fourth-order valence-corrected chi connectivity index (χ4v) is 3.04. The van der Waals surface area contributed by atoms with E-state index in [-0.39, 0.29) is 22.3 Å². The van der Waals surface area contributed by atoms with Crippen LogP contribution in [0.3, 0.4) is 0 Å². The predicted octanol–water partition coefficient (Wildman–Crippen LogP) is 4.96. The van der Waals surface area contributed by atoms with Crippen molar-refractivity contribution < 1.29 is 19.2 Å². The number of hydrogen-bond acceptors (Lipinski definition) is 6. The molecule has 0 heterocycles. The van der Waals surface area contributed by atoms with E-state index in [9.17, 15) is 19.7 Å². The van der Waals surface area contributed by atoms with Crippen LogP contribution in [0.25, 0.3) is 0 Å². The Hall–Kier alpha value is -3.95. The van der Waals surface area contributed by atoms with Crippen molar-refractivity contribution in [3.05, 3.63) is 98.0 Å². The largest absolute Gasteiger partial charge is 0.489 e. The number of ether oxygens (including phenoxy) is 1. The van der Waals surface area contributed by atoms with E-state index in [1.54, 1.807) is 54.6 Å². The molecule has 0 fully saturated rings. The lowest BCUT2D eigenvalue weighted by molar-refractivity contribution is -0.384. The van der Waals surface area contributed by atoms with Gasteiger partial charge in [0.1, 0.15) is 18.8 Å². The van der Waals surface area contributed by atoms with E-state index in [0.717, 1.165) is 5.56 Å². The summed E-state index contributed by atoms with van der Waals surface area (Å²) in [5.41, 5.74) is 4.09. The van der Waals surface area contributed by atoms with Gasteiger partial charge in [-0.3, -0.25) is 19.7 Å². The Bertz CT molecular complexity index is 1220. The van der Waals surface area contributed by atoms with Gasteiger partial charge in [-0.05, 0) is 59.7 Å². The van der Waals surface area contributed by atoms with Crippen LogP contribution in [0.2, 0.25) is 10.0 Å². The minimum Gasteiger partial charge on any atom is -0.489 e. The molecule has 174 valence electrons. The van der Waals surface area contributed by atoms with Crippen molar-refractivity contribution in [3.8, 4) is 5.75 Å². The van der Waals surface area contributed by atoms with Gasteiger partial charge in [-0.1, -0.05) is 29.3 Å². The summed E-state index contributed by atoms with van der Waals surface area (Å²) < 4.78 is 5.65. The third-order valence-electron chi connectivity index (χ3n) is 4.38. The molecule has 0 aliphatic heterocycles. The first-order valence-corrected chi connectivity index (χ1v) is 10.6. The number of non-ortho nitro benzene ring substituents is 1. The van der Waals surface area contributed by atoms with Crippen molar-refractivity contribution in [2.75, 3.05) is 5.32 Å². The molecule has 0 aromatic heterocycles. The number of nitrogens with one attached hydrogen (secondary N) is 2. The minimum absolute atomic E-state index is 0.0191. The summed E-state index contributed by atoms with van der Waals surface area (Å²) in [6.07, 6.45) is 0.972. The third kappa shape index (κ3) is 7.29. The van der Waals surface area contributed by atoms with Gasteiger partial charge >= 0.3 is 0 Å². The van der Waals surface area contributed by atoms with Gasteiger partial charge in [-0.15, -0.1) is 0 Å². The van der Waals surface area contributed by atoms with Crippen molar-refractivity contribution in [1.29, 1.82) is 0 Å². The molecular weight excluding hydrogens is 483 g/mol. The molecule has 0 atom stereocenters. The number of nitro benzene ring substituents is 1. The van der Waals surface area contributed by atoms with Gasteiger partial charge in [0.05, 0.1) is 26.9 Å². The molecule has 0 aliphatic rings. The Kier molecular flexibility index (Phi) is 8.55. The highest BCUT2D eigenvalue weighted by Crippen LogP contribution is 2.29. The lowest BCUT2D eigenvalue weighted by Gasteiger charge is -2.07. The Labute approximate surface area is 204 Å². The summed E-state index contributed by atoms with van der Waals surface area (Å²) >= 11 is 11.9. The Morgan fingerprint density at radius 2 is 1.71 bits per heavy atom. The molecule has 9 nitrogen and oxygen atoms in total. The maximum Gasteiger partial charge on any atom is 0.269 e. The number of carbonyl (C=O) groups excluding carboxylic acids is 2. The van der Waals surface area contributed by atoms with Gasteiger partial charge in [0, 0.05) is 12.1 Å². The van der Waals surface area contributed by atoms with Crippen LogP contribution in [-0.2, 0) is 16.2 Å². The average Bonchev–Trinajstić information content (AvgIpc) is 2.81. The number of halogens is 2. The quantitative estimate of drug-likeness (QED) is 0.186. The zero-order valence-corrected chi connectivity index (χ0v) is 19.0. The van der Waals surface area contributed by atoms with Crippen molar-refractivity contribution in [2.45, 2.75) is 13.0 Å². The molecule has 34 heavy (non-hydrogen) atoms. The van der Waals surface area contributed by atoms with Gasteiger partial charge in [0.25, 0.3) is 5.69 Å². The number of anilines is 1. The lowest BCUT2D eigenvalue weighted by atomic mass is 10.2. The molecule has 2 N–H and O–H groups in total. The van der Waals surface area contributed by atoms with Gasteiger partial charge in [-0.25, -0.2) is 5.43 Å². The van der Waals surface area contributed by atoms with Crippen LogP contribution in [0.4, 0.5) is 11.4 Å². The second-order valence-corrected chi connectivity index (χ2v) is 7.69. The molecule has 0 unspecified atom stereocenters. The molecule has 0 radical (unpaired) electrons. The van der Waals surface area contributed by atoms with Crippen LogP contribution in [0.5, 0.6) is 5.75 Å². The van der Waals surface area contributed by atoms with E-state index in [1.165, 1.54) is 18.3 Å². The zero-order chi connectivity index (χ0) is 24.5. The average molecular weight is 501 g/mol. The molecule has 0 saturated heterocycles. The van der Waals surface area contributed by atoms with Crippen molar-refractivity contribution >= 4 is 52.6 Å². The number of nitrogens with zero attached hydrogens (tertiary/aromatic N) is 2. The van der Waals surface area contributed by atoms with E-state index >= 15 is 0 Å². The van der Waals surface area contributed by atoms with Gasteiger partial charge in [-0.2, -0.15) is 5.10 Å². The normalized spacial score (nSPS) is 10.6. The fraction of sp³-hybridized carbons (Fsp3) is 0.0870. The first-order valence-electron chi connectivity index (χ1n) is 9.84. The van der Waals surface area contributed by atoms with Crippen LogP contribution in [-0.4, -0.2) is 23.0 Å². The highest BCUT2D eigenvalue weighted by atomic mass is 35.5. The summed E-state index contributed by atoms with van der Waals surface area (Å²) in [7, 11) is 0. The summed E-state index contributed by atoms with van der Waals surface area (Å²) in [6, 6.07) is 17.8. The number of carbonyl (C=O) groups is 2. The fourth-order valence-electron chi connectivity index (χ4n) is 2.69. The SMILES string of the molecule is O=C(CC(=O)Nc1cccc(Cl)c1Cl)NN=Cc1ccc(OCc2ccc([N+](=O)[O-])cc2)cc1. The Balaban J connectivity index is 1.43. The molecule has 3 rings (SSSR count). The number of nitro groups is 1. The van der Waals surface area contributed by atoms with Crippen LogP contribution in [0, 0.1) is 10.1 Å². The van der Waals surface area contributed by atoms with Crippen LogP contribution >= 0.6 is 23.2 Å². The first kappa shape index (κ1) is 24.7. The third-order valence-corrected chi connectivity index (χ3v) is 5.20. The number of hydrogen-bond donors (Lipinski definition) is 2. The number of benzene rings is 3. The Morgan fingerprint density at radius 3 is 2.38 bits per heavy atom. The van der Waals surface area contributed by atoms with Crippen LogP contribution < -0.4 is 15.5 Å². The van der Waals surface area contributed by atoms with E-state index in [1.807, 2.05) is 0 Å². The van der Waals surface area contributed by atoms with Crippen LogP contribution in [0.1, 0.15) is 17.5 Å². The molecule has 0 spiro atoms. The Morgan fingerprint density at radius 1 is 1.00 bits per heavy atom. The predicted molar refractivity (Wildman–Crippen MR) is 129 cm³/mol. The number of amides is 2. The van der Waals surface area contributed by atoms with Gasteiger partial charge in [0.2, 0.25) is 11.8 Å². The van der Waals surface area contributed by atoms with Crippen molar-refractivity contribution in [1.82, 2.24) is 5.43 Å². The lowest BCUT2D eigenvalue weighted by Crippen LogP contribution is -2.24. The minimum atomic E-state index is -0.602. The summed E-state index contributed by atoms with van der Waals surface area (Å²) in [6.45, 7) is 0.254. The maximum atomic E-state index is 12.0. The number of hydrazone groups is 1. The van der Waals surface area contributed by atoms with E-state index in [0.29, 0.717) is 17.0 Å². The second kappa shape index (κ2) is 11.8. The summed E-state index contributed by atoms with van der Waals surface area (Å²) in [5, 5.41) is 17.5.